The first-order valence-corrected chi connectivity index (χ1v) is 4.79. The summed E-state index contributed by atoms with van der Waals surface area (Å²) in [5.41, 5.74) is 0.131. The summed E-state index contributed by atoms with van der Waals surface area (Å²) in [6.45, 7) is 5.41. The van der Waals surface area contributed by atoms with Gasteiger partial charge in [-0.3, -0.25) is 4.90 Å². The average molecular weight is 208 g/mol. The Balaban J connectivity index is 2.80. The van der Waals surface area contributed by atoms with Crippen molar-refractivity contribution in [2.24, 2.45) is 0 Å². The van der Waals surface area contributed by atoms with Crippen molar-refractivity contribution in [3.63, 3.8) is 0 Å². The lowest BCUT2D eigenvalue weighted by molar-refractivity contribution is 0.0589. The molecule has 1 amide bonds. The van der Waals surface area contributed by atoms with Crippen molar-refractivity contribution in [1.82, 2.24) is 0 Å². The third-order valence-electron chi connectivity index (χ3n) is 1.68. The van der Waals surface area contributed by atoms with E-state index in [1.165, 1.54) is 4.90 Å². The molecule has 0 aromatic heterocycles. The van der Waals surface area contributed by atoms with E-state index < -0.39 is 11.7 Å². The average Bonchev–Trinajstić information content (AvgIpc) is 2.17. The molecule has 0 bridgehead atoms. The molecule has 0 aliphatic heterocycles. The van der Waals surface area contributed by atoms with Crippen molar-refractivity contribution < 1.29 is 10.9 Å². The lowest BCUT2D eigenvalue weighted by Crippen LogP contribution is -2.34. The van der Waals surface area contributed by atoms with Gasteiger partial charge in [-0.15, -0.1) is 0 Å². The number of hydrogen-bond donors (Lipinski definition) is 0. The Hall–Kier alpha value is -1.51. The Morgan fingerprint density at radius 3 is 2.40 bits per heavy atom. The maximum atomic E-state index is 11.8. The van der Waals surface area contributed by atoms with Crippen LogP contribution in [0.1, 0.15) is 22.1 Å². The Bertz CT molecular complexity index is 346. The summed E-state index contributed by atoms with van der Waals surface area (Å²) in [7, 11) is -0.154. The number of carbonyl (C=O) groups is 1. The monoisotopic (exact) mass is 208 g/mol. The number of anilines is 1. The van der Waals surface area contributed by atoms with Gasteiger partial charge in [-0.25, -0.2) is 4.79 Å². The van der Waals surface area contributed by atoms with Crippen LogP contribution in [0.3, 0.4) is 0 Å². The molecule has 0 spiro atoms. The highest BCUT2D eigenvalue weighted by atomic mass is 16.6. The van der Waals surface area contributed by atoms with Gasteiger partial charge in [-0.2, -0.15) is 0 Å². The van der Waals surface area contributed by atoms with Gasteiger partial charge in [0.05, 0.1) is 0 Å². The molecule has 0 saturated carbocycles. The SMILES string of the molecule is [2H]CN(C(=O)OC(C)(C)C)c1ccccc1. The molecule has 3 nitrogen and oxygen atoms in total. The van der Waals surface area contributed by atoms with Crippen LogP contribution in [0, 0.1) is 0 Å². The summed E-state index contributed by atoms with van der Waals surface area (Å²) in [6.07, 6.45) is -0.492. The van der Waals surface area contributed by atoms with Crippen LogP contribution in [-0.2, 0) is 4.74 Å². The number of benzene rings is 1. The molecule has 0 N–H and O–H groups in total. The van der Waals surface area contributed by atoms with E-state index in [2.05, 4.69) is 0 Å². The lowest BCUT2D eigenvalue weighted by Gasteiger charge is -2.24. The second-order valence-electron chi connectivity index (χ2n) is 4.24. The molecule has 1 rings (SSSR count). The van der Waals surface area contributed by atoms with Crippen LogP contribution < -0.4 is 4.90 Å². The molecule has 1 aromatic rings. The van der Waals surface area contributed by atoms with Crippen LogP contribution in [-0.4, -0.2) is 18.7 Å². The molecule has 0 aliphatic carbocycles. The second kappa shape index (κ2) is 4.34. The van der Waals surface area contributed by atoms with E-state index in [0.29, 0.717) is 5.69 Å². The molecule has 0 atom stereocenters. The molecular weight excluding hydrogens is 190 g/mol. The minimum absolute atomic E-state index is 0.154. The summed E-state index contributed by atoms with van der Waals surface area (Å²) < 4.78 is 12.6. The number of ether oxygens (including phenoxy) is 1. The standard InChI is InChI=1S/C12H17NO2/c1-12(2,3)15-11(14)13(4)10-8-6-5-7-9-10/h5-9H,1-4H3/i4D. The van der Waals surface area contributed by atoms with E-state index >= 15 is 0 Å². The lowest BCUT2D eigenvalue weighted by atomic mass is 10.2. The number of nitrogens with zero attached hydrogens (tertiary/aromatic N) is 1. The van der Waals surface area contributed by atoms with Gasteiger partial charge in [-0.1, -0.05) is 18.2 Å². The maximum absolute atomic E-state index is 11.8. The number of rotatable bonds is 1. The van der Waals surface area contributed by atoms with Gasteiger partial charge in [0.15, 0.2) is 0 Å². The predicted octanol–water partition coefficient (Wildman–Crippen LogP) is 3.06. The van der Waals surface area contributed by atoms with Crippen molar-refractivity contribution in [2.75, 3.05) is 11.9 Å². The van der Waals surface area contributed by atoms with E-state index in [1.54, 1.807) is 32.9 Å². The molecule has 82 valence electrons. The van der Waals surface area contributed by atoms with Crippen molar-refractivity contribution in [3.05, 3.63) is 30.3 Å². The predicted molar refractivity (Wildman–Crippen MR) is 61.1 cm³/mol. The molecule has 0 saturated heterocycles. The Morgan fingerprint density at radius 2 is 1.93 bits per heavy atom. The summed E-state index contributed by atoms with van der Waals surface area (Å²) in [5.74, 6) is 0. The van der Waals surface area contributed by atoms with E-state index in [4.69, 9.17) is 6.11 Å². The van der Waals surface area contributed by atoms with Gasteiger partial charge in [-0.05, 0) is 32.9 Å². The van der Waals surface area contributed by atoms with Crippen LogP contribution in [0.25, 0.3) is 0 Å². The summed E-state index contributed by atoms with van der Waals surface area (Å²) in [4.78, 5) is 13.1. The van der Waals surface area contributed by atoms with E-state index in [0.717, 1.165) is 0 Å². The number of carbonyl (C=O) groups excluding carboxylic acids is 1. The first kappa shape index (κ1) is 10.0. The molecule has 0 aliphatic rings. The minimum Gasteiger partial charge on any atom is -0.443 e. The number of para-hydroxylation sites is 1. The van der Waals surface area contributed by atoms with Crippen LogP contribution in [0.4, 0.5) is 10.5 Å². The van der Waals surface area contributed by atoms with Crippen molar-refractivity contribution in [2.45, 2.75) is 26.4 Å². The van der Waals surface area contributed by atoms with Crippen LogP contribution in [0.15, 0.2) is 30.3 Å². The van der Waals surface area contributed by atoms with Gasteiger partial charge >= 0.3 is 6.09 Å². The zero-order valence-corrected chi connectivity index (χ0v) is 9.36. The smallest absolute Gasteiger partial charge is 0.414 e. The van der Waals surface area contributed by atoms with Crippen LogP contribution in [0.5, 0.6) is 0 Å². The fourth-order valence-electron chi connectivity index (χ4n) is 1.03. The topological polar surface area (TPSA) is 29.5 Å². The highest BCUT2D eigenvalue weighted by Crippen LogP contribution is 2.15. The van der Waals surface area contributed by atoms with E-state index in [9.17, 15) is 4.79 Å². The first-order chi connectivity index (χ1) is 7.44. The highest BCUT2D eigenvalue weighted by molar-refractivity contribution is 5.87. The fourth-order valence-corrected chi connectivity index (χ4v) is 1.03. The molecule has 15 heavy (non-hydrogen) atoms. The quantitative estimate of drug-likeness (QED) is 0.709. The zero-order chi connectivity index (χ0) is 12.2. The van der Waals surface area contributed by atoms with Gasteiger partial charge in [0, 0.05) is 14.1 Å². The normalized spacial score (nSPS) is 11.8. The van der Waals surface area contributed by atoms with Crippen molar-refractivity contribution in [1.29, 1.82) is 0 Å². The summed E-state index contributed by atoms with van der Waals surface area (Å²) in [6, 6.07) is 9.06. The zero-order valence-electron chi connectivity index (χ0n) is 10.4. The molecule has 3 heteroatoms. The van der Waals surface area contributed by atoms with E-state index in [-0.39, 0.29) is 7.02 Å². The third kappa shape index (κ3) is 3.62. The molecule has 0 unspecified atom stereocenters. The van der Waals surface area contributed by atoms with Gasteiger partial charge in [0.1, 0.15) is 5.60 Å². The molecule has 0 fully saturated rings. The minimum atomic E-state index is -0.542. The maximum Gasteiger partial charge on any atom is 0.414 e. The number of hydrogen-bond acceptors (Lipinski definition) is 2. The Kier molecular flexibility index (Phi) is 2.90. The second-order valence-corrected chi connectivity index (χ2v) is 4.24. The van der Waals surface area contributed by atoms with Crippen LogP contribution >= 0.6 is 0 Å². The van der Waals surface area contributed by atoms with Gasteiger partial charge in [0.25, 0.3) is 0 Å². The Labute approximate surface area is 92.1 Å². The third-order valence-corrected chi connectivity index (χ3v) is 1.68. The largest absolute Gasteiger partial charge is 0.443 e. The molecule has 1 aromatic carbocycles. The molecule has 0 radical (unpaired) electrons. The molecule has 0 heterocycles. The highest BCUT2D eigenvalue weighted by Gasteiger charge is 2.20. The van der Waals surface area contributed by atoms with E-state index in [1.807, 2.05) is 18.2 Å². The molecular formula is C12H17NO2. The summed E-state index contributed by atoms with van der Waals surface area (Å²) >= 11 is 0. The fraction of sp³-hybridized carbons (Fsp3) is 0.417. The van der Waals surface area contributed by atoms with Gasteiger partial charge in [0.2, 0.25) is 0 Å². The van der Waals surface area contributed by atoms with Crippen LogP contribution in [0.2, 0.25) is 0 Å². The number of amides is 1. The van der Waals surface area contributed by atoms with Crippen molar-refractivity contribution in [3.8, 4) is 0 Å². The van der Waals surface area contributed by atoms with Gasteiger partial charge < -0.3 is 4.74 Å². The Morgan fingerprint density at radius 1 is 1.33 bits per heavy atom. The summed E-state index contributed by atoms with van der Waals surface area (Å²) in [5, 5.41) is 0. The van der Waals surface area contributed by atoms with Crippen molar-refractivity contribution >= 4 is 11.8 Å². The first-order valence-electron chi connectivity index (χ1n) is 5.49.